The van der Waals surface area contributed by atoms with Gasteiger partial charge in [-0.3, -0.25) is 14.5 Å². The fraction of sp³-hybridized carbons (Fsp3) is 0.391. The maximum absolute atomic E-state index is 12.8. The Balaban J connectivity index is 1.59. The molecule has 0 saturated carbocycles. The smallest absolute Gasteiger partial charge is 0.253 e. The van der Waals surface area contributed by atoms with E-state index in [9.17, 15) is 9.59 Å². The maximum Gasteiger partial charge on any atom is 0.253 e. The van der Waals surface area contributed by atoms with Crippen LogP contribution in [0.4, 0.5) is 5.69 Å². The molecule has 6 nitrogen and oxygen atoms in total. The Morgan fingerprint density at radius 1 is 0.931 bits per heavy atom. The zero-order valence-corrected chi connectivity index (χ0v) is 17.2. The summed E-state index contributed by atoms with van der Waals surface area (Å²) in [5, 5.41) is 5.93. The van der Waals surface area contributed by atoms with Crippen LogP contribution in [0.1, 0.15) is 35.8 Å². The van der Waals surface area contributed by atoms with E-state index in [0.29, 0.717) is 17.8 Å². The van der Waals surface area contributed by atoms with E-state index in [4.69, 9.17) is 0 Å². The third-order valence-corrected chi connectivity index (χ3v) is 5.37. The summed E-state index contributed by atoms with van der Waals surface area (Å²) in [6, 6.07) is 16.8. The average Bonchev–Trinajstić information content (AvgIpc) is 2.75. The Labute approximate surface area is 172 Å². The number of hydrogen-bond acceptors (Lipinski definition) is 4. The van der Waals surface area contributed by atoms with Crippen LogP contribution in [0.5, 0.6) is 0 Å². The van der Waals surface area contributed by atoms with Crippen LogP contribution < -0.4 is 10.6 Å². The van der Waals surface area contributed by atoms with Crippen molar-refractivity contribution in [2.45, 2.75) is 19.9 Å². The van der Waals surface area contributed by atoms with E-state index in [0.717, 1.165) is 38.3 Å². The summed E-state index contributed by atoms with van der Waals surface area (Å²) < 4.78 is 0. The number of nitrogens with zero attached hydrogens (tertiary/aromatic N) is 2. The first-order valence-electron chi connectivity index (χ1n) is 10.3. The summed E-state index contributed by atoms with van der Waals surface area (Å²) in [6.07, 6.45) is 0. The van der Waals surface area contributed by atoms with Crippen LogP contribution in [0.2, 0.25) is 0 Å². The molecule has 0 aliphatic carbocycles. The van der Waals surface area contributed by atoms with Gasteiger partial charge < -0.3 is 15.5 Å². The molecule has 0 radical (unpaired) electrons. The number of amides is 2. The third-order valence-electron chi connectivity index (χ3n) is 5.37. The number of rotatable bonds is 7. The highest BCUT2D eigenvalue weighted by Crippen LogP contribution is 2.18. The number of carbonyl (C=O) groups is 2. The zero-order chi connectivity index (χ0) is 20.6. The predicted molar refractivity (Wildman–Crippen MR) is 116 cm³/mol. The SMILES string of the molecule is CCN1CCN(CC(=O)Nc2ccccc2C(=O)NC(C)c2ccccc2)CC1. The lowest BCUT2D eigenvalue weighted by atomic mass is 10.1. The first-order chi connectivity index (χ1) is 14.1. The standard InChI is InChI=1S/C23H30N4O2/c1-3-26-13-15-27(16-14-26)17-22(28)25-21-12-8-7-11-20(21)23(29)24-18(2)19-9-5-4-6-10-19/h4-12,18H,3,13-17H2,1-2H3,(H,24,29)(H,25,28). The fourth-order valence-electron chi connectivity index (χ4n) is 3.55. The second-order valence-corrected chi connectivity index (χ2v) is 7.41. The molecule has 2 aromatic rings. The van der Waals surface area contributed by atoms with E-state index in [1.165, 1.54) is 0 Å². The van der Waals surface area contributed by atoms with Gasteiger partial charge in [0.05, 0.1) is 23.8 Å². The van der Waals surface area contributed by atoms with Crippen LogP contribution in [0.3, 0.4) is 0 Å². The summed E-state index contributed by atoms with van der Waals surface area (Å²) in [4.78, 5) is 29.9. The second kappa shape index (κ2) is 10.2. The molecular formula is C23H30N4O2. The minimum atomic E-state index is -0.200. The fourth-order valence-corrected chi connectivity index (χ4v) is 3.55. The number of likely N-dealkylation sites (N-methyl/N-ethyl adjacent to an activating group) is 1. The minimum absolute atomic E-state index is 0.0914. The summed E-state index contributed by atoms with van der Waals surface area (Å²) in [7, 11) is 0. The van der Waals surface area contributed by atoms with Crippen LogP contribution in [-0.2, 0) is 4.79 Å². The van der Waals surface area contributed by atoms with Gasteiger partial charge >= 0.3 is 0 Å². The lowest BCUT2D eigenvalue weighted by Crippen LogP contribution is -2.48. The summed E-state index contributed by atoms with van der Waals surface area (Å²) in [5.41, 5.74) is 2.05. The van der Waals surface area contributed by atoms with E-state index in [1.54, 1.807) is 12.1 Å². The number of hydrogen-bond donors (Lipinski definition) is 2. The van der Waals surface area contributed by atoms with Gasteiger partial charge in [0.25, 0.3) is 5.91 Å². The van der Waals surface area contributed by atoms with E-state index in [2.05, 4.69) is 27.4 Å². The predicted octanol–water partition coefficient (Wildman–Crippen LogP) is 2.75. The molecule has 2 aromatic carbocycles. The van der Waals surface area contributed by atoms with Crippen LogP contribution >= 0.6 is 0 Å². The Hall–Kier alpha value is -2.70. The zero-order valence-electron chi connectivity index (χ0n) is 17.2. The van der Waals surface area contributed by atoms with Gasteiger partial charge in [-0.05, 0) is 31.2 Å². The molecule has 0 bridgehead atoms. The molecule has 1 heterocycles. The van der Waals surface area contributed by atoms with Gasteiger partial charge in [-0.2, -0.15) is 0 Å². The van der Waals surface area contributed by atoms with Gasteiger partial charge in [-0.15, -0.1) is 0 Å². The number of benzene rings is 2. The normalized spacial score (nSPS) is 16.2. The van der Waals surface area contributed by atoms with E-state index in [-0.39, 0.29) is 17.9 Å². The maximum atomic E-state index is 12.8. The van der Waals surface area contributed by atoms with Gasteiger partial charge in [0, 0.05) is 26.2 Å². The highest BCUT2D eigenvalue weighted by molar-refractivity contribution is 6.04. The van der Waals surface area contributed by atoms with E-state index < -0.39 is 0 Å². The van der Waals surface area contributed by atoms with Crippen LogP contribution in [0.25, 0.3) is 0 Å². The van der Waals surface area contributed by atoms with Crippen molar-refractivity contribution >= 4 is 17.5 Å². The molecule has 2 N–H and O–H groups in total. The number of nitrogens with one attached hydrogen (secondary N) is 2. The molecule has 6 heteroatoms. The van der Waals surface area contributed by atoms with Gasteiger partial charge in [0.1, 0.15) is 0 Å². The molecular weight excluding hydrogens is 364 g/mol. The second-order valence-electron chi connectivity index (χ2n) is 7.41. The van der Waals surface area contributed by atoms with Crippen molar-refractivity contribution in [3.63, 3.8) is 0 Å². The van der Waals surface area contributed by atoms with Crippen molar-refractivity contribution in [3.05, 3.63) is 65.7 Å². The van der Waals surface area contributed by atoms with Gasteiger partial charge in [-0.25, -0.2) is 0 Å². The first-order valence-corrected chi connectivity index (χ1v) is 10.3. The topological polar surface area (TPSA) is 64.7 Å². The van der Waals surface area contributed by atoms with Gasteiger partial charge in [0.15, 0.2) is 0 Å². The molecule has 1 aliphatic heterocycles. The number of anilines is 1. The molecule has 1 atom stereocenters. The molecule has 1 saturated heterocycles. The van der Waals surface area contributed by atoms with Crippen molar-refractivity contribution in [1.82, 2.24) is 15.1 Å². The summed E-state index contributed by atoms with van der Waals surface area (Å²) in [5.74, 6) is -0.292. The molecule has 0 spiro atoms. The molecule has 154 valence electrons. The summed E-state index contributed by atoms with van der Waals surface area (Å²) >= 11 is 0. The van der Waals surface area contributed by atoms with Crippen molar-refractivity contribution in [2.24, 2.45) is 0 Å². The molecule has 0 aromatic heterocycles. The lowest BCUT2D eigenvalue weighted by molar-refractivity contribution is -0.117. The molecule has 2 amide bonds. The third kappa shape index (κ3) is 5.89. The lowest BCUT2D eigenvalue weighted by Gasteiger charge is -2.33. The molecule has 3 rings (SSSR count). The highest BCUT2D eigenvalue weighted by Gasteiger charge is 2.20. The Morgan fingerprint density at radius 2 is 1.55 bits per heavy atom. The van der Waals surface area contributed by atoms with Crippen LogP contribution in [0.15, 0.2) is 54.6 Å². The Kier molecular flexibility index (Phi) is 7.38. The largest absolute Gasteiger partial charge is 0.345 e. The molecule has 1 aliphatic rings. The average molecular weight is 395 g/mol. The van der Waals surface area contributed by atoms with Crippen molar-refractivity contribution < 1.29 is 9.59 Å². The molecule has 1 unspecified atom stereocenters. The minimum Gasteiger partial charge on any atom is -0.345 e. The monoisotopic (exact) mass is 394 g/mol. The number of carbonyl (C=O) groups excluding carboxylic acids is 2. The van der Waals surface area contributed by atoms with Crippen molar-refractivity contribution in [1.29, 1.82) is 0 Å². The first kappa shape index (κ1) is 21.0. The van der Waals surface area contributed by atoms with Crippen molar-refractivity contribution in [3.8, 4) is 0 Å². The molecule has 1 fully saturated rings. The number of piperazine rings is 1. The number of para-hydroxylation sites is 1. The Bertz CT molecular complexity index is 817. The highest BCUT2D eigenvalue weighted by atomic mass is 16.2. The quantitative estimate of drug-likeness (QED) is 0.758. The summed E-state index contributed by atoms with van der Waals surface area (Å²) in [6.45, 7) is 9.24. The Morgan fingerprint density at radius 3 is 2.24 bits per heavy atom. The van der Waals surface area contributed by atoms with E-state index >= 15 is 0 Å². The molecule has 29 heavy (non-hydrogen) atoms. The van der Waals surface area contributed by atoms with Crippen LogP contribution in [-0.4, -0.2) is 60.9 Å². The van der Waals surface area contributed by atoms with E-state index in [1.807, 2.05) is 49.4 Å². The van der Waals surface area contributed by atoms with Gasteiger partial charge in [0.2, 0.25) is 5.91 Å². The van der Waals surface area contributed by atoms with Crippen molar-refractivity contribution in [2.75, 3.05) is 44.6 Å². The van der Waals surface area contributed by atoms with Crippen LogP contribution in [0, 0.1) is 0 Å². The van der Waals surface area contributed by atoms with Gasteiger partial charge in [-0.1, -0.05) is 49.4 Å².